The average molecular weight is 353 g/mol. The van der Waals surface area contributed by atoms with Crippen LogP contribution in [-0.4, -0.2) is 28.7 Å². The van der Waals surface area contributed by atoms with Crippen LogP contribution in [0.25, 0.3) is 5.57 Å². The second-order valence-electron chi connectivity index (χ2n) is 6.63. The van der Waals surface area contributed by atoms with E-state index in [0.717, 1.165) is 47.7 Å². The summed E-state index contributed by atoms with van der Waals surface area (Å²) in [4.78, 5) is 0.892. The summed E-state index contributed by atoms with van der Waals surface area (Å²) in [6, 6.07) is 16.4. The number of benzene rings is 2. The first-order valence-corrected chi connectivity index (χ1v) is 10.2. The van der Waals surface area contributed by atoms with Gasteiger partial charge in [-0.15, -0.1) is 0 Å². The largest absolute Gasteiger partial charge is 0.482 e. The highest BCUT2D eigenvalue weighted by atomic mass is 32.2. The number of hydrogen-bond donors (Lipinski definition) is 1. The second kappa shape index (κ2) is 6.77. The number of rotatable bonds is 3. The topological polar surface area (TPSA) is 38.3 Å². The van der Waals surface area contributed by atoms with Gasteiger partial charge in [-0.1, -0.05) is 37.3 Å². The molecule has 2 aliphatic rings. The Morgan fingerprint density at radius 1 is 1.08 bits per heavy atom. The minimum Gasteiger partial charge on any atom is -0.482 e. The van der Waals surface area contributed by atoms with E-state index in [-0.39, 0.29) is 5.60 Å². The van der Waals surface area contributed by atoms with Gasteiger partial charge < -0.3 is 10.1 Å². The minimum absolute atomic E-state index is 0.222. The molecule has 2 aromatic carbocycles. The fourth-order valence-corrected chi connectivity index (χ4v) is 4.43. The van der Waals surface area contributed by atoms with Crippen LogP contribution in [0.4, 0.5) is 0 Å². The summed E-state index contributed by atoms with van der Waals surface area (Å²) in [5.41, 5.74) is 3.29. The average Bonchev–Trinajstić information content (AvgIpc) is 2.67. The lowest BCUT2D eigenvalue weighted by atomic mass is 9.83. The zero-order valence-corrected chi connectivity index (χ0v) is 15.3. The Balaban J connectivity index is 1.78. The molecule has 2 heterocycles. The van der Waals surface area contributed by atoms with Gasteiger partial charge in [0.1, 0.15) is 11.4 Å². The van der Waals surface area contributed by atoms with E-state index in [9.17, 15) is 4.21 Å². The SMILES string of the molecule is CCS(=O)c1ccc(C2=CC3(CCNCC3)Oc3ccccc32)cc1. The quantitative estimate of drug-likeness (QED) is 0.913. The molecule has 4 rings (SSSR count). The monoisotopic (exact) mass is 353 g/mol. The van der Waals surface area contributed by atoms with E-state index in [4.69, 9.17) is 4.74 Å². The molecule has 130 valence electrons. The highest BCUT2D eigenvalue weighted by molar-refractivity contribution is 7.85. The predicted molar refractivity (Wildman–Crippen MR) is 102 cm³/mol. The van der Waals surface area contributed by atoms with E-state index in [1.54, 1.807) is 0 Å². The van der Waals surface area contributed by atoms with Crippen LogP contribution >= 0.6 is 0 Å². The lowest BCUT2D eigenvalue weighted by Crippen LogP contribution is -2.46. The summed E-state index contributed by atoms with van der Waals surface area (Å²) in [6.07, 6.45) is 4.26. The van der Waals surface area contributed by atoms with E-state index < -0.39 is 10.8 Å². The predicted octanol–water partition coefficient (Wildman–Crippen LogP) is 3.76. The Hall–Kier alpha value is -1.91. The fraction of sp³-hybridized carbons (Fsp3) is 0.333. The molecule has 0 amide bonds. The third-order valence-corrected chi connectivity index (χ3v) is 6.36. The van der Waals surface area contributed by atoms with Crippen LogP contribution in [0.2, 0.25) is 0 Å². The molecule has 1 atom stereocenters. The van der Waals surface area contributed by atoms with E-state index in [1.807, 2.05) is 25.1 Å². The van der Waals surface area contributed by atoms with Crippen LogP contribution in [0.1, 0.15) is 30.9 Å². The second-order valence-corrected chi connectivity index (χ2v) is 8.37. The van der Waals surface area contributed by atoms with Gasteiger partial charge in [-0.25, -0.2) is 0 Å². The van der Waals surface area contributed by atoms with Crippen molar-refractivity contribution in [1.82, 2.24) is 5.32 Å². The van der Waals surface area contributed by atoms with Gasteiger partial charge in [0.05, 0.1) is 10.8 Å². The molecule has 1 unspecified atom stereocenters. The molecule has 0 saturated carbocycles. The van der Waals surface area contributed by atoms with Crippen LogP contribution in [-0.2, 0) is 10.8 Å². The van der Waals surface area contributed by atoms with Crippen molar-refractivity contribution < 1.29 is 8.95 Å². The molecule has 25 heavy (non-hydrogen) atoms. The number of para-hydroxylation sites is 1. The first-order chi connectivity index (χ1) is 12.2. The number of hydrogen-bond acceptors (Lipinski definition) is 3. The molecule has 1 spiro atoms. The Morgan fingerprint density at radius 3 is 2.52 bits per heavy atom. The van der Waals surface area contributed by atoms with E-state index in [2.05, 4.69) is 41.7 Å². The van der Waals surface area contributed by atoms with E-state index in [1.165, 1.54) is 5.57 Å². The summed E-state index contributed by atoms with van der Waals surface area (Å²) in [7, 11) is -0.912. The lowest BCUT2D eigenvalue weighted by Gasteiger charge is -2.40. The molecule has 3 nitrogen and oxygen atoms in total. The molecule has 0 bridgehead atoms. The van der Waals surface area contributed by atoms with E-state index in [0.29, 0.717) is 5.75 Å². The molecule has 1 N–H and O–H groups in total. The number of ether oxygens (including phenoxy) is 1. The third-order valence-electron chi connectivity index (χ3n) is 5.04. The van der Waals surface area contributed by atoms with Crippen LogP contribution in [0, 0.1) is 0 Å². The molecule has 0 radical (unpaired) electrons. The summed E-state index contributed by atoms with van der Waals surface area (Å²) in [6.45, 7) is 3.89. The van der Waals surface area contributed by atoms with Crippen molar-refractivity contribution >= 4 is 16.4 Å². The van der Waals surface area contributed by atoms with Gasteiger partial charge in [-0.05, 0) is 48.5 Å². The normalized spacial score (nSPS) is 19.6. The van der Waals surface area contributed by atoms with Crippen molar-refractivity contribution in [2.24, 2.45) is 0 Å². The highest BCUT2D eigenvalue weighted by Gasteiger charge is 2.36. The molecule has 0 aromatic heterocycles. The number of nitrogens with one attached hydrogen (secondary N) is 1. The first-order valence-electron chi connectivity index (χ1n) is 8.92. The lowest BCUT2D eigenvalue weighted by molar-refractivity contribution is 0.0817. The Kier molecular flexibility index (Phi) is 4.48. The number of piperidine rings is 1. The summed E-state index contributed by atoms with van der Waals surface area (Å²) < 4.78 is 18.4. The van der Waals surface area contributed by atoms with E-state index >= 15 is 0 Å². The molecule has 2 aliphatic heterocycles. The zero-order valence-electron chi connectivity index (χ0n) is 14.5. The molecule has 0 aliphatic carbocycles. The van der Waals surface area contributed by atoms with Crippen molar-refractivity contribution in [1.29, 1.82) is 0 Å². The Bertz CT molecular complexity index is 820. The maximum Gasteiger partial charge on any atom is 0.130 e. The van der Waals surface area contributed by atoms with Crippen LogP contribution in [0.15, 0.2) is 59.5 Å². The van der Waals surface area contributed by atoms with Crippen LogP contribution in [0.5, 0.6) is 5.75 Å². The van der Waals surface area contributed by atoms with Crippen molar-refractivity contribution in [3.8, 4) is 5.75 Å². The molecule has 1 fully saturated rings. The first kappa shape index (κ1) is 16.6. The van der Waals surface area contributed by atoms with Crippen LogP contribution in [0.3, 0.4) is 0 Å². The Morgan fingerprint density at radius 2 is 1.80 bits per heavy atom. The van der Waals surface area contributed by atoms with Gasteiger partial charge in [0.25, 0.3) is 0 Å². The summed E-state index contributed by atoms with van der Waals surface area (Å²) in [5, 5.41) is 3.42. The summed E-state index contributed by atoms with van der Waals surface area (Å²) >= 11 is 0. The maximum atomic E-state index is 12.0. The standard InChI is InChI=1S/C21H23NO2S/c1-2-25(23)17-9-7-16(8-10-17)19-15-21(11-13-22-14-12-21)24-20-6-4-3-5-18(19)20/h3-10,15,22H,2,11-14H2,1H3. The molecular formula is C21H23NO2S. The van der Waals surface area contributed by atoms with Crippen molar-refractivity contribution in [2.75, 3.05) is 18.8 Å². The summed E-state index contributed by atoms with van der Waals surface area (Å²) in [5.74, 6) is 1.61. The Labute approximate surface area is 151 Å². The van der Waals surface area contributed by atoms with Crippen LogP contribution < -0.4 is 10.1 Å². The van der Waals surface area contributed by atoms with Crippen molar-refractivity contribution in [2.45, 2.75) is 30.3 Å². The van der Waals surface area contributed by atoms with Gasteiger partial charge in [0, 0.05) is 29.1 Å². The third kappa shape index (κ3) is 3.16. The highest BCUT2D eigenvalue weighted by Crippen LogP contribution is 2.42. The van der Waals surface area contributed by atoms with Crippen molar-refractivity contribution in [3.63, 3.8) is 0 Å². The van der Waals surface area contributed by atoms with Crippen molar-refractivity contribution in [3.05, 3.63) is 65.7 Å². The van der Waals surface area contributed by atoms with Gasteiger partial charge in [0.2, 0.25) is 0 Å². The molecule has 4 heteroatoms. The van der Waals surface area contributed by atoms with Gasteiger partial charge in [-0.3, -0.25) is 4.21 Å². The number of fused-ring (bicyclic) bond motifs is 1. The molecular weight excluding hydrogens is 330 g/mol. The van der Waals surface area contributed by atoms with Gasteiger partial charge in [-0.2, -0.15) is 0 Å². The zero-order chi connectivity index (χ0) is 17.3. The minimum atomic E-state index is -0.912. The maximum absolute atomic E-state index is 12.0. The molecule has 1 saturated heterocycles. The fourth-order valence-electron chi connectivity index (χ4n) is 3.66. The smallest absolute Gasteiger partial charge is 0.130 e. The molecule has 2 aromatic rings. The van der Waals surface area contributed by atoms with Gasteiger partial charge in [0.15, 0.2) is 0 Å². The van der Waals surface area contributed by atoms with Gasteiger partial charge >= 0.3 is 0 Å².